The van der Waals surface area contributed by atoms with E-state index in [1.165, 1.54) is 19.3 Å². The van der Waals surface area contributed by atoms with Crippen LogP contribution in [0.15, 0.2) is 30.6 Å². The van der Waals surface area contributed by atoms with E-state index in [2.05, 4.69) is 26.2 Å². The van der Waals surface area contributed by atoms with Crippen molar-refractivity contribution >= 4 is 11.6 Å². The van der Waals surface area contributed by atoms with E-state index in [1.54, 1.807) is 11.0 Å². The second-order valence-electron chi connectivity index (χ2n) is 5.56. The zero-order chi connectivity index (χ0) is 15.2. The fourth-order valence-electron chi connectivity index (χ4n) is 2.72. The minimum absolute atomic E-state index is 0.0523. The van der Waals surface area contributed by atoms with Gasteiger partial charge in [-0.25, -0.2) is 4.68 Å². The van der Waals surface area contributed by atoms with Crippen molar-refractivity contribution in [3.05, 3.63) is 30.6 Å². The van der Waals surface area contributed by atoms with Gasteiger partial charge in [0.1, 0.15) is 6.33 Å². The van der Waals surface area contributed by atoms with Crippen LogP contribution in [0.3, 0.4) is 0 Å². The number of benzene rings is 1. The highest BCUT2D eigenvalue weighted by Crippen LogP contribution is 2.17. The number of hydrogen-bond acceptors (Lipinski definition) is 5. The monoisotopic (exact) mass is 300 g/mol. The maximum Gasteiger partial charge on any atom is 0.239 e. The molecule has 1 aliphatic rings. The maximum atomic E-state index is 11.9. The number of hydrogen-bond donors (Lipinski definition) is 2. The molecule has 1 saturated carbocycles. The van der Waals surface area contributed by atoms with Crippen LogP contribution in [0.2, 0.25) is 0 Å². The van der Waals surface area contributed by atoms with Gasteiger partial charge in [-0.2, -0.15) is 0 Å². The standard InChI is InChI=1S/C15H20N6O/c22-15(18-13-4-2-1-3-5-13)10-16-12-6-8-14(9-7-12)21-11-17-19-20-21/h6-9,11,13,16H,1-5,10H2,(H,18,22). The number of nitrogens with one attached hydrogen (secondary N) is 2. The molecule has 116 valence electrons. The van der Waals surface area contributed by atoms with Gasteiger partial charge in [0.05, 0.1) is 12.2 Å². The lowest BCUT2D eigenvalue weighted by atomic mass is 9.95. The minimum Gasteiger partial charge on any atom is -0.376 e. The van der Waals surface area contributed by atoms with Gasteiger partial charge in [-0.05, 0) is 47.5 Å². The Hall–Kier alpha value is -2.44. The van der Waals surface area contributed by atoms with Crippen molar-refractivity contribution in [2.75, 3.05) is 11.9 Å². The summed E-state index contributed by atoms with van der Waals surface area (Å²) in [6, 6.07) is 7.97. The molecule has 7 heteroatoms. The van der Waals surface area contributed by atoms with E-state index in [1.807, 2.05) is 24.3 Å². The molecular weight excluding hydrogens is 280 g/mol. The average molecular weight is 300 g/mol. The summed E-state index contributed by atoms with van der Waals surface area (Å²) in [4.78, 5) is 11.9. The molecule has 0 unspecified atom stereocenters. The van der Waals surface area contributed by atoms with Crippen LogP contribution in [-0.2, 0) is 4.79 Å². The van der Waals surface area contributed by atoms with Crippen molar-refractivity contribution in [3.63, 3.8) is 0 Å². The molecule has 1 fully saturated rings. The fraction of sp³-hybridized carbons (Fsp3) is 0.467. The molecule has 1 amide bonds. The molecule has 0 atom stereocenters. The van der Waals surface area contributed by atoms with Crippen molar-refractivity contribution in [2.45, 2.75) is 38.1 Å². The SMILES string of the molecule is O=C(CNc1ccc(-n2cnnn2)cc1)NC1CCCCC1. The van der Waals surface area contributed by atoms with E-state index >= 15 is 0 Å². The number of aromatic nitrogens is 4. The summed E-state index contributed by atoms with van der Waals surface area (Å²) < 4.78 is 1.58. The minimum atomic E-state index is 0.0523. The molecule has 0 saturated heterocycles. The van der Waals surface area contributed by atoms with Crippen molar-refractivity contribution in [2.24, 2.45) is 0 Å². The van der Waals surface area contributed by atoms with Crippen molar-refractivity contribution in [1.29, 1.82) is 0 Å². The molecule has 2 N–H and O–H groups in total. The third kappa shape index (κ3) is 3.81. The second kappa shape index (κ2) is 7.02. The predicted molar refractivity (Wildman–Crippen MR) is 82.7 cm³/mol. The Morgan fingerprint density at radius 3 is 2.64 bits per heavy atom. The van der Waals surface area contributed by atoms with Gasteiger partial charge in [0.25, 0.3) is 0 Å². The summed E-state index contributed by atoms with van der Waals surface area (Å²) in [5.74, 6) is 0.0523. The van der Waals surface area contributed by atoms with Crippen LogP contribution in [0, 0.1) is 0 Å². The zero-order valence-electron chi connectivity index (χ0n) is 12.4. The van der Waals surface area contributed by atoms with Gasteiger partial charge < -0.3 is 10.6 Å². The van der Waals surface area contributed by atoms with E-state index in [9.17, 15) is 4.79 Å². The summed E-state index contributed by atoms with van der Waals surface area (Å²) in [6.45, 7) is 0.292. The Balaban J connectivity index is 1.47. The van der Waals surface area contributed by atoms with Gasteiger partial charge in [0.2, 0.25) is 5.91 Å². The number of carbonyl (C=O) groups is 1. The van der Waals surface area contributed by atoms with E-state index in [0.717, 1.165) is 24.2 Å². The van der Waals surface area contributed by atoms with Gasteiger partial charge in [-0.3, -0.25) is 4.79 Å². The highest BCUT2D eigenvalue weighted by molar-refractivity contribution is 5.81. The van der Waals surface area contributed by atoms with Crippen molar-refractivity contribution < 1.29 is 4.79 Å². The van der Waals surface area contributed by atoms with Crippen molar-refractivity contribution in [3.8, 4) is 5.69 Å². The predicted octanol–water partition coefficient (Wildman–Crippen LogP) is 1.52. The van der Waals surface area contributed by atoms with Crippen molar-refractivity contribution in [1.82, 2.24) is 25.5 Å². The third-order valence-corrected chi connectivity index (χ3v) is 3.90. The molecule has 0 radical (unpaired) electrons. The van der Waals surface area contributed by atoms with Gasteiger partial charge in [0, 0.05) is 11.7 Å². The lowest BCUT2D eigenvalue weighted by Crippen LogP contribution is -2.39. The lowest BCUT2D eigenvalue weighted by molar-refractivity contribution is -0.120. The highest BCUT2D eigenvalue weighted by atomic mass is 16.1. The van der Waals surface area contributed by atoms with Crippen LogP contribution in [0.1, 0.15) is 32.1 Å². The topological polar surface area (TPSA) is 84.7 Å². The first-order valence-corrected chi connectivity index (χ1v) is 7.68. The lowest BCUT2D eigenvalue weighted by Gasteiger charge is -2.22. The Morgan fingerprint density at radius 2 is 1.95 bits per heavy atom. The highest BCUT2D eigenvalue weighted by Gasteiger charge is 2.15. The van der Waals surface area contributed by atoms with Crippen LogP contribution >= 0.6 is 0 Å². The van der Waals surface area contributed by atoms with Crippen LogP contribution < -0.4 is 10.6 Å². The van der Waals surface area contributed by atoms with Crippen LogP contribution in [-0.4, -0.2) is 38.7 Å². The smallest absolute Gasteiger partial charge is 0.239 e. The van der Waals surface area contributed by atoms with Crippen LogP contribution in [0.4, 0.5) is 5.69 Å². The molecule has 1 aliphatic carbocycles. The summed E-state index contributed by atoms with van der Waals surface area (Å²) in [5, 5.41) is 17.3. The van der Waals surface area contributed by atoms with Crippen LogP contribution in [0.25, 0.3) is 5.69 Å². The number of carbonyl (C=O) groups excluding carboxylic acids is 1. The molecule has 1 aromatic heterocycles. The Morgan fingerprint density at radius 1 is 1.18 bits per heavy atom. The van der Waals surface area contributed by atoms with E-state index in [0.29, 0.717) is 12.6 Å². The number of rotatable bonds is 5. The average Bonchev–Trinajstić information content (AvgIpc) is 3.09. The first-order chi connectivity index (χ1) is 10.8. The molecular formula is C15H20N6O. The van der Waals surface area contributed by atoms with Gasteiger partial charge in [0.15, 0.2) is 0 Å². The molecule has 2 aromatic rings. The molecule has 0 aliphatic heterocycles. The molecule has 1 aromatic carbocycles. The Bertz CT molecular complexity index is 589. The normalized spacial score (nSPS) is 15.5. The largest absolute Gasteiger partial charge is 0.376 e. The zero-order valence-corrected chi connectivity index (χ0v) is 12.4. The summed E-state index contributed by atoms with van der Waals surface area (Å²) in [5.41, 5.74) is 1.78. The Kier molecular flexibility index (Phi) is 4.62. The quantitative estimate of drug-likeness (QED) is 0.874. The number of tetrazole rings is 1. The van der Waals surface area contributed by atoms with Gasteiger partial charge >= 0.3 is 0 Å². The fourth-order valence-corrected chi connectivity index (χ4v) is 2.72. The molecule has 7 nitrogen and oxygen atoms in total. The maximum absolute atomic E-state index is 11.9. The van der Waals surface area contributed by atoms with Gasteiger partial charge in [-0.15, -0.1) is 5.10 Å². The first kappa shape index (κ1) is 14.5. The second-order valence-corrected chi connectivity index (χ2v) is 5.56. The summed E-state index contributed by atoms with van der Waals surface area (Å²) in [7, 11) is 0. The van der Waals surface area contributed by atoms with E-state index in [-0.39, 0.29) is 5.91 Å². The summed E-state index contributed by atoms with van der Waals surface area (Å²) >= 11 is 0. The first-order valence-electron chi connectivity index (χ1n) is 7.68. The molecule has 22 heavy (non-hydrogen) atoms. The van der Waals surface area contributed by atoms with Gasteiger partial charge in [-0.1, -0.05) is 19.3 Å². The molecule has 1 heterocycles. The number of anilines is 1. The Labute approximate surface area is 129 Å². The van der Waals surface area contributed by atoms with Crippen LogP contribution in [0.5, 0.6) is 0 Å². The molecule has 0 bridgehead atoms. The molecule has 3 rings (SSSR count). The van der Waals surface area contributed by atoms with E-state index < -0.39 is 0 Å². The third-order valence-electron chi connectivity index (χ3n) is 3.90. The molecule has 0 spiro atoms. The summed E-state index contributed by atoms with van der Waals surface area (Å²) in [6.07, 6.45) is 7.48. The number of nitrogens with zero attached hydrogens (tertiary/aromatic N) is 4. The van der Waals surface area contributed by atoms with E-state index in [4.69, 9.17) is 0 Å². The number of amides is 1.